The summed E-state index contributed by atoms with van der Waals surface area (Å²) in [4.78, 5) is 14.4. The Morgan fingerprint density at radius 2 is 1.91 bits per heavy atom. The van der Waals surface area contributed by atoms with E-state index in [0.29, 0.717) is 23.6 Å². The van der Waals surface area contributed by atoms with Gasteiger partial charge in [-0.05, 0) is 18.2 Å². The van der Waals surface area contributed by atoms with Crippen molar-refractivity contribution >= 4 is 18.3 Å². The smallest absolute Gasteiger partial charge is 0.251 e. The molecule has 2 rings (SSSR count). The van der Waals surface area contributed by atoms with Crippen molar-refractivity contribution in [3.8, 4) is 11.5 Å². The van der Waals surface area contributed by atoms with E-state index >= 15 is 0 Å². The van der Waals surface area contributed by atoms with E-state index in [1.807, 2.05) is 0 Å². The van der Waals surface area contributed by atoms with Crippen molar-refractivity contribution in [3.05, 3.63) is 23.8 Å². The van der Waals surface area contributed by atoms with Crippen LogP contribution in [0.25, 0.3) is 0 Å². The van der Waals surface area contributed by atoms with Crippen molar-refractivity contribution in [2.45, 2.75) is 0 Å². The highest BCUT2D eigenvalue weighted by Gasteiger charge is 2.12. The minimum Gasteiger partial charge on any atom is -0.493 e. The van der Waals surface area contributed by atoms with Crippen LogP contribution in [0.1, 0.15) is 10.4 Å². The molecule has 1 heterocycles. The Morgan fingerprint density at radius 3 is 2.55 bits per heavy atom. The zero-order valence-corrected chi connectivity index (χ0v) is 13.8. The van der Waals surface area contributed by atoms with Crippen molar-refractivity contribution in [3.63, 3.8) is 0 Å². The van der Waals surface area contributed by atoms with E-state index in [1.54, 1.807) is 32.4 Å². The summed E-state index contributed by atoms with van der Waals surface area (Å²) in [5.74, 6) is 1.06. The maximum atomic E-state index is 12.1. The maximum Gasteiger partial charge on any atom is 0.251 e. The minimum absolute atomic E-state index is 0. The molecule has 0 atom stereocenters. The van der Waals surface area contributed by atoms with Crippen LogP contribution in [-0.2, 0) is 4.74 Å². The fourth-order valence-corrected chi connectivity index (χ4v) is 2.23. The van der Waals surface area contributed by atoms with Gasteiger partial charge in [0.25, 0.3) is 5.91 Å². The highest BCUT2D eigenvalue weighted by atomic mass is 35.5. The van der Waals surface area contributed by atoms with Crippen LogP contribution in [-0.4, -0.2) is 64.4 Å². The third-order valence-electron chi connectivity index (χ3n) is 3.46. The van der Waals surface area contributed by atoms with Crippen molar-refractivity contribution in [2.24, 2.45) is 0 Å². The second kappa shape index (κ2) is 9.50. The van der Waals surface area contributed by atoms with Gasteiger partial charge in [-0.15, -0.1) is 12.4 Å². The first kappa shape index (κ1) is 18.5. The standard InChI is InChI=1S/C15H22N2O4.ClH/c1-19-13-4-3-12(11-14(13)20-2)15(18)16-5-6-17-7-9-21-10-8-17;/h3-4,11H,5-10H2,1-2H3,(H,16,18);1H. The van der Waals surface area contributed by atoms with E-state index < -0.39 is 0 Å². The maximum absolute atomic E-state index is 12.1. The number of nitrogens with zero attached hydrogens (tertiary/aromatic N) is 1. The quantitative estimate of drug-likeness (QED) is 0.849. The summed E-state index contributed by atoms with van der Waals surface area (Å²) in [6.07, 6.45) is 0. The molecule has 1 aromatic rings. The van der Waals surface area contributed by atoms with E-state index in [-0.39, 0.29) is 18.3 Å². The van der Waals surface area contributed by atoms with Crippen LogP contribution in [0.4, 0.5) is 0 Å². The number of rotatable bonds is 6. The molecule has 0 aromatic heterocycles. The van der Waals surface area contributed by atoms with Gasteiger partial charge in [-0.3, -0.25) is 9.69 Å². The molecule has 1 amide bonds. The lowest BCUT2D eigenvalue weighted by atomic mass is 10.2. The number of nitrogens with one attached hydrogen (secondary N) is 1. The summed E-state index contributed by atoms with van der Waals surface area (Å²) in [7, 11) is 3.12. The van der Waals surface area contributed by atoms with Gasteiger partial charge >= 0.3 is 0 Å². The molecule has 1 aromatic carbocycles. The van der Waals surface area contributed by atoms with Crippen LogP contribution in [0.3, 0.4) is 0 Å². The summed E-state index contributed by atoms with van der Waals surface area (Å²) in [5, 5.41) is 2.92. The monoisotopic (exact) mass is 330 g/mol. The molecule has 1 saturated heterocycles. The number of amides is 1. The van der Waals surface area contributed by atoms with Gasteiger partial charge in [0.2, 0.25) is 0 Å². The molecule has 0 bridgehead atoms. The SMILES string of the molecule is COc1ccc(C(=O)NCCN2CCOCC2)cc1OC.Cl. The predicted molar refractivity (Wildman–Crippen MR) is 86.4 cm³/mol. The lowest BCUT2D eigenvalue weighted by molar-refractivity contribution is 0.0383. The van der Waals surface area contributed by atoms with E-state index in [9.17, 15) is 4.79 Å². The van der Waals surface area contributed by atoms with Crippen LogP contribution in [0.2, 0.25) is 0 Å². The lowest BCUT2D eigenvalue weighted by Crippen LogP contribution is -2.41. The van der Waals surface area contributed by atoms with Crippen LogP contribution < -0.4 is 14.8 Å². The zero-order chi connectivity index (χ0) is 15.1. The molecule has 0 radical (unpaired) electrons. The number of ether oxygens (including phenoxy) is 3. The molecule has 0 aliphatic carbocycles. The highest BCUT2D eigenvalue weighted by molar-refractivity contribution is 5.94. The number of halogens is 1. The van der Waals surface area contributed by atoms with Crippen LogP contribution >= 0.6 is 12.4 Å². The van der Waals surface area contributed by atoms with E-state index in [4.69, 9.17) is 14.2 Å². The minimum atomic E-state index is -0.107. The number of methoxy groups -OCH3 is 2. The summed E-state index contributed by atoms with van der Waals surface area (Å²) >= 11 is 0. The lowest BCUT2D eigenvalue weighted by Gasteiger charge is -2.26. The fourth-order valence-electron chi connectivity index (χ4n) is 2.23. The average Bonchev–Trinajstić information content (AvgIpc) is 2.55. The van der Waals surface area contributed by atoms with E-state index in [2.05, 4.69) is 10.2 Å². The zero-order valence-electron chi connectivity index (χ0n) is 13.0. The Kier molecular flexibility index (Phi) is 8.01. The fraction of sp³-hybridized carbons (Fsp3) is 0.533. The molecule has 1 aliphatic rings. The summed E-state index contributed by atoms with van der Waals surface area (Å²) in [6.45, 7) is 4.83. The summed E-state index contributed by atoms with van der Waals surface area (Å²) < 4.78 is 15.6. The number of morpholine rings is 1. The molecule has 0 unspecified atom stereocenters. The van der Waals surface area contributed by atoms with E-state index in [0.717, 1.165) is 32.8 Å². The first-order chi connectivity index (χ1) is 10.2. The number of benzene rings is 1. The molecule has 1 aliphatic heterocycles. The van der Waals surface area contributed by atoms with Gasteiger partial charge in [-0.1, -0.05) is 0 Å². The topological polar surface area (TPSA) is 60.0 Å². The number of hydrogen-bond acceptors (Lipinski definition) is 5. The van der Waals surface area contributed by atoms with E-state index in [1.165, 1.54) is 0 Å². The molecular formula is C15H23ClN2O4. The summed E-state index contributed by atoms with van der Waals surface area (Å²) in [5.41, 5.74) is 0.564. The van der Waals surface area contributed by atoms with Gasteiger partial charge in [0.1, 0.15) is 0 Å². The van der Waals surface area contributed by atoms with Gasteiger partial charge in [-0.25, -0.2) is 0 Å². The second-order valence-corrected chi connectivity index (χ2v) is 4.78. The highest BCUT2D eigenvalue weighted by Crippen LogP contribution is 2.27. The van der Waals surface area contributed by atoms with Crippen LogP contribution in [0, 0.1) is 0 Å². The van der Waals surface area contributed by atoms with Crippen LogP contribution in [0.15, 0.2) is 18.2 Å². The Balaban J connectivity index is 0.00000242. The van der Waals surface area contributed by atoms with Crippen LogP contribution in [0.5, 0.6) is 11.5 Å². The first-order valence-electron chi connectivity index (χ1n) is 7.05. The number of carbonyl (C=O) groups excluding carboxylic acids is 1. The average molecular weight is 331 g/mol. The second-order valence-electron chi connectivity index (χ2n) is 4.78. The Morgan fingerprint density at radius 1 is 1.23 bits per heavy atom. The Hall–Kier alpha value is -1.50. The van der Waals surface area contributed by atoms with Crippen molar-refractivity contribution in [1.29, 1.82) is 0 Å². The van der Waals surface area contributed by atoms with Crippen molar-refractivity contribution in [1.82, 2.24) is 10.2 Å². The Labute approximate surface area is 137 Å². The number of hydrogen-bond donors (Lipinski definition) is 1. The molecular weight excluding hydrogens is 308 g/mol. The molecule has 124 valence electrons. The Bertz CT molecular complexity index is 479. The van der Waals surface area contributed by atoms with Gasteiger partial charge in [0.05, 0.1) is 27.4 Å². The van der Waals surface area contributed by atoms with Crippen molar-refractivity contribution in [2.75, 3.05) is 53.6 Å². The third kappa shape index (κ3) is 5.05. The van der Waals surface area contributed by atoms with Gasteiger partial charge < -0.3 is 19.5 Å². The molecule has 22 heavy (non-hydrogen) atoms. The molecule has 1 fully saturated rings. The summed E-state index contributed by atoms with van der Waals surface area (Å²) in [6, 6.07) is 5.14. The van der Waals surface area contributed by atoms with Crippen molar-refractivity contribution < 1.29 is 19.0 Å². The third-order valence-corrected chi connectivity index (χ3v) is 3.46. The molecule has 0 saturated carbocycles. The normalized spacial score (nSPS) is 14.8. The van der Waals surface area contributed by atoms with Gasteiger partial charge in [-0.2, -0.15) is 0 Å². The predicted octanol–water partition coefficient (Wildman–Crippen LogP) is 1.19. The molecule has 1 N–H and O–H groups in total. The van der Waals surface area contributed by atoms with Gasteiger partial charge in [0, 0.05) is 31.7 Å². The van der Waals surface area contributed by atoms with Gasteiger partial charge in [0.15, 0.2) is 11.5 Å². The first-order valence-corrected chi connectivity index (χ1v) is 7.05. The molecule has 7 heteroatoms. The molecule has 0 spiro atoms. The number of carbonyl (C=O) groups is 1. The molecule has 6 nitrogen and oxygen atoms in total. The largest absolute Gasteiger partial charge is 0.493 e.